The van der Waals surface area contributed by atoms with Crippen LogP contribution in [0.3, 0.4) is 0 Å². The lowest BCUT2D eigenvalue weighted by Crippen LogP contribution is -2.39. The summed E-state index contributed by atoms with van der Waals surface area (Å²) >= 11 is 0. The zero-order chi connectivity index (χ0) is 10.6. The summed E-state index contributed by atoms with van der Waals surface area (Å²) in [6, 6.07) is 0. The minimum Gasteiger partial charge on any atom is -0.469 e. The fourth-order valence-electron chi connectivity index (χ4n) is 2.38. The summed E-state index contributed by atoms with van der Waals surface area (Å²) in [6.45, 7) is 2.09. The topological polar surface area (TPSA) is 46.5 Å². The van der Waals surface area contributed by atoms with Crippen LogP contribution in [0.4, 0.5) is 0 Å². The first-order valence-electron chi connectivity index (χ1n) is 5.44. The number of unbranched alkanes of at least 4 members (excludes halogenated alkanes) is 1. The van der Waals surface area contributed by atoms with Crippen LogP contribution in [-0.2, 0) is 9.53 Å². The van der Waals surface area contributed by atoms with E-state index in [-0.39, 0.29) is 5.97 Å². The number of carbonyl (C=O) groups is 1. The highest BCUT2D eigenvalue weighted by atomic mass is 16.5. The van der Waals surface area contributed by atoms with Crippen molar-refractivity contribution in [2.24, 2.45) is 5.41 Å². The number of aliphatic hydroxyl groups excluding tert-OH is 1. The molecule has 0 aliphatic heterocycles. The van der Waals surface area contributed by atoms with E-state index in [0.29, 0.717) is 0 Å². The Kier molecular flexibility index (Phi) is 3.93. The molecule has 14 heavy (non-hydrogen) atoms. The van der Waals surface area contributed by atoms with Gasteiger partial charge in [0.1, 0.15) is 0 Å². The molecule has 1 N–H and O–H groups in total. The van der Waals surface area contributed by atoms with Gasteiger partial charge in [-0.25, -0.2) is 0 Å². The molecule has 0 heterocycles. The van der Waals surface area contributed by atoms with E-state index in [4.69, 9.17) is 4.74 Å². The summed E-state index contributed by atoms with van der Waals surface area (Å²) in [7, 11) is 1.40. The lowest BCUT2D eigenvalue weighted by molar-refractivity contribution is -0.159. The highest BCUT2D eigenvalue weighted by Crippen LogP contribution is 2.43. The maximum Gasteiger partial charge on any atom is 0.314 e. The smallest absolute Gasteiger partial charge is 0.314 e. The molecular weight excluding hydrogens is 180 g/mol. The Morgan fingerprint density at radius 2 is 2.36 bits per heavy atom. The Morgan fingerprint density at radius 1 is 1.64 bits per heavy atom. The van der Waals surface area contributed by atoms with Crippen molar-refractivity contribution in [3.05, 3.63) is 0 Å². The number of hydrogen-bond donors (Lipinski definition) is 1. The van der Waals surface area contributed by atoms with E-state index in [0.717, 1.165) is 38.5 Å². The predicted octanol–water partition coefficient (Wildman–Crippen LogP) is 1.88. The molecule has 82 valence electrons. The number of rotatable bonds is 4. The van der Waals surface area contributed by atoms with E-state index in [9.17, 15) is 9.90 Å². The normalized spacial score (nSPS) is 31.8. The standard InChI is InChI=1S/C11H20O3/c1-3-4-7-11(10(13)14-2)8-5-6-9(11)12/h9,12H,3-8H2,1-2H3/t9-,11+/m1/s1. The SMILES string of the molecule is CCCC[C@]1(C(=O)OC)CCC[C@H]1O. The van der Waals surface area contributed by atoms with Crippen LogP contribution in [-0.4, -0.2) is 24.3 Å². The van der Waals surface area contributed by atoms with Crippen LogP contribution >= 0.6 is 0 Å². The molecule has 1 aliphatic rings. The second-order valence-electron chi connectivity index (χ2n) is 4.16. The van der Waals surface area contributed by atoms with Crippen molar-refractivity contribution in [1.82, 2.24) is 0 Å². The number of methoxy groups -OCH3 is 1. The van der Waals surface area contributed by atoms with Gasteiger partial charge in [0, 0.05) is 0 Å². The number of aliphatic hydroxyl groups is 1. The van der Waals surface area contributed by atoms with Crippen LogP contribution < -0.4 is 0 Å². The van der Waals surface area contributed by atoms with Crippen molar-refractivity contribution < 1.29 is 14.6 Å². The molecule has 1 rings (SSSR count). The van der Waals surface area contributed by atoms with E-state index in [1.807, 2.05) is 0 Å². The van der Waals surface area contributed by atoms with Crippen LogP contribution in [0.25, 0.3) is 0 Å². The molecule has 0 bridgehead atoms. The van der Waals surface area contributed by atoms with E-state index in [1.165, 1.54) is 7.11 Å². The average molecular weight is 200 g/mol. The van der Waals surface area contributed by atoms with Crippen molar-refractivity contribution in [3.63, 3.8) is 0 Å². The van der Waals surface area contributed by atoms with E-state index in [1.54, 1.807) is 0 Å². The van der Waals surface area contributed by atoms with Gasteiger partial charge < -0.3 is 9.84 Å². The summed E-state index contributed by atoms with van der Waals surface area (Å²) < 4.78 is 4.81. The molecule has 0 spiro atoms. The molecule has 1 aliphatic carbocycles. The lowest BCUT2D eigenvalue weighted by Gasteiger charge is -2.29. The van der Waals surface area contributed by atoms with Crippen LogP contribution in [0.15, 0.2) is 0 Å². The second-order valence-corrected chi connectivity index (χ2v) is 4.16. The Balaban J connectivity index is 2.73. The molecule has 0 saturated heterocycles. The molecule has 1 saturated carbocycles. The molecular formula is C11H20O3. The van der Waals surface area contributed by atoms with Crippen LogP contribution in [0.1, 0.15) is 45.4 Å². The molecule has 3 heteroatoms. The second kappa shape index (κ2) is 4.78. The Bertz CT molecular complexity index is 203. The minimum atomic E-state index is -0.592. The third kappa shape index (κ3) is 1.92. The number of esters is 1. The predicted molar refractivity (Wildman–Crippen MR) is 53.8 cm³/mol. The molecule has 3 nitrogen and oxygen atoms in total. The minimum absolute atomic E-state index is 0.226. The molecule has 0 aromatic rings. The maximum atomic E-state index is 11.7. The average Bonchev–Trinajstić information content (AvgIpc) is 2.57. The van der Waals surface area contributed by atoms with Crippen molar-refractivity contribution in [1.29, 1.82) is 0 Å². The fourth-order valence-corrected chi connectivity index (χ4v) is 2.38. The number of ether oxygens (including phenoxy) is 1. The monoisotopic (exact) mass is 200 g/mol. The van der Waals surface area contributed by atoms with Crippen LogP contribution in [0, 0.1) is 5.41 Å². The zero-order valence-corrected chi connectivity index (χ0v) is 9.08. The van der Waals surface area contributed by atoms with Crippen LogP contribution in [0.2, 0.25) is 0 Å². The Hall–Kier alpha value is -0.570. The van der Waals surface area contributed by atoms with Crippen molar-refractivity contribution in [2.75, 3.05) is 7.11 Å². The van der Waals surface area contributed by atoms with E-state index < -0.39 is 11.5 Å². The van der Waals surface area contributed by atoms with Gasteiger partial charge in [-0.15, -0.1) is 0 Å². The highest BCUT2D eigenvalue weighted by Gasteiger charge is 2.48. The molecule has 0 aromatic heterocycles. The van der Waals surface area contributed by atoms with Crippen molar-refractivity contribution >= 4 is 5.97 Å². The van der Waals surface area contributed by atoms with Gasteiger partial charge in [-0.2, -0.15) is 0 Å². The largest absolute Gasteiger partial charge is 0.469 e. The van der Waals surface area contributed by atoms with E-state index in [2.05, 4.69) is 6.92 Å². The van der Waals surface area contributed by atoms with Gasteiger partial charge in [0.05, 0.1) is 18.6 Å². The quantitative estimate of drug-likeness (QED) is 0.705. The molecule has 0 unspecified atom stereocenters. The summed E-state index contributed by atoms with van der Waals surface area (Å²) in [4.78, 5) is 11.7. The van der Waals surface area contributed by atoms with Gasteiger partial charge >= 0.3 is 5.97 Å². The van der Waals surface area contributed by atoms with Gasteiger partial charge in [0.2, 0.25) is 0 Å². The molecule has 0 amide bonds. The summed E-state index contributed by atoms with van der Waals surface area (Å²) in [5.74, 6) is -0.226. The summed E-state index contributed by atoms with van der Waals surface area (Å²) in [5.41, 5.74) is -0.592. The maximum absolute atomic E-state index is 11.7. The Morgan fingerprint density at radius 3 is 2.79 bits per heavy atom. The Labute approximate surface area is 85.5 Å². The van der Waals surface area contributed by atoms with Crippen molar-refractivity contribution in [2.45, 2.75) is 51.6 Å². The van der Waals surface area contributed by atoms with Gasteiger partial charge in [0.15, 0.2) is 0 Å². The fraction of sp³-hybridized carbons (Fsp3) is 0.909. The molecule has 0 aromatic carbocycles. The summed E-state index contributed by atoms with van der Waals surface area (Å²) in [6.07, 6.45) is 4.73. The van der Waals surface area contributed by atoms with Gasteiger partial charge in [-0.05, 0) is 25.7 Å². The van der Waals surface area contributed by atoms with Crippen molar-refractivity contribution in [3.8, 4) is 0 Å². The molecule has 2 atom stereocenters. The molecule has 0 radical (unpaired) electrons. The van der Waals surface area contributed by atoms with E-state index >= 15 is 0 Å². The first kappa shape index (κ1) is 11.5. The first-order chi connectivity index (χ1) is 6.67. The van der Waals surface area contributed by atoms with Crippen LogP contribution in [0.5, 0.6) is 0 Å². The summed E-state index contributed by atoms with van der Waals surface area (Å²) in [5, 5.41) is 9.87. The number of hydrogen-bond acceptors (Lipinski definition) is 3. The lowest BCUT2D eigenvalue weighted by atomic mass is 9.79. The first-order valence-corrected chi connectivity index (χ1v) is 5.44. The highest BCUT2D eigenvalue weighted by molar-refractivity contribution is 5.77. The third-order valence-corrected chi connectivity index (χ3v) is 3.31. The third-order valence-electron chi connectivity index (χ3n) is 3.31. The van der Waals surface area contributed by atoms with Gasteiger partial charge in [-0.3, -0.25) is 4.79 Å². The zero-order valence-electron chi connectivity index (χ0n) is 9.08. The van der Waals surface area contributed by atoms with Gasteiger partial charge in [-0.1, -0.05) is 19.8 Å². The number of carbonyl (C=O) groups excluding carboxylic acids is 1. The molecule has 1 fully saturated rings. The van der Waals surface area contributed by atoms with Gasteiger partial charge in [0.25, 0.3) is 0 Å².